The van der Waals surface area contributed by atoms with Crippen LogP contribution in [0.25, 0.3) is 0 Å². The SMILES string of the molecule is COc1cccc2c1CN(Cc1ccccc1)C2. The van der Waals surface area contributed by atoms with Gasteiger partial charge in [0.1, 0.15) is 5.75 Å². The number of rotatable bonds is 3. The molecular formula is C16H17NO. The van der Waals surface area contributed by atoms with Crippen molar-refractivity contribution >= 4 is 0 Å². The highest BCUT2D eigenvalue weighted by Gasteiger charge is 2.21. The van der Waals surface area contributed by atoms with Gasteiger partial charge in [-0.3, -0.25) is 4.90 Å². The molecule has 0 atom stereocenters. The van der Waals surface area contributed by atoms with E-state index in [0.29, 0.717) is 0 Å². The Kier molecular flexibility index (Phi) is 3.03. The van der Waals surface area contributed by atoms with E-state index >= 15 is 0 Å². The van der Waals surface area contributed by atoms with Gasteiger partial charge < -0.3 is 4.74 Å². The lowest BCUT2D eigenvalue weighted by molar-refractivity contribution is 0.273. The minimum absolute atomic E-state index is 0.980. The van der Waals surface area contributed by atoms with Gasteiger partial charge in [-0.2, -0.15) is 0 Å². The van der Waals surface area contributed by atoms with Crippen LogP contribution >= 0.6 is 0 Å². The van der Waals surface area contributed by atoms with E-state index in [-0.39, 0.29) is 0 Å². The molecule has 0 saturated heterocycles. The van der Waals surface area contributed by atoms with Gasteiger partial charge >= 0.3 is 0 Å². The maximum Gasteiger partial charge on any atom is 0.123 e. The summed E-state index contributed by atoms with van der Waals surface area (Å²) in [4.78, 5) is 2.45. The standard InChI is InChI=1S/C16H17NO/c1-18-16-9-5-8-14-11-17(12-15(14)16)10-13-6-3-2-4-7-13/h2-9H,10-12H2,1H3. The predicted octanol–water partition coefficient (Wildman–Crippen LogP) is 3.21. The summed E-state index contributed by atoms with van der Waals surface area (Å²) in [7, 11) is 1.75. The highest BCUT2D eigenvalue weighted by atomic mass is 16.5. The lowest BCUT2D eigenvalue weighted by atomic mass is 10.1. The number of hydrogen-bond donors (Lipinski definition) is 0. The number of benzene rings is 2. The molecule has 0 radical (unpaired) electrons. The van der Waals surface area contributed by atoms with Crippen LogP contribution in [0.15, 0.2) is 48.5 Å². The third kappa shape index (κ3) is 2.12. The first-order valence-electron chi connectivity index (χ1n) is 6.28. The van der Waals surface area contributed by atoms with Crippen molar-refractivity contribution in [2.45, 2.75) is 19.6 Å². The Labute approximate surface area is 108 Å². The quantitative estimate of drug-likeness (QED) is 0.815. The van der Waals surface area contributed by atoms with Crippen LogP contribution in [0.1, 0.15) is 16.7 Å². The fourth-order valence-corrected chi connectivity index (χ4v) is 2.60. The van der Waals surface area contributed by atoms with Gasteiger partial charge in [-0.1, -0.05) is 42.5 Å². The molecule has 0 spiro atoms. The van der Waals surface area contributed by atoms with Crippen molar-refractivity contribution in [1.82, 2.24) is 4.90 Å². The number of ether oxygens (including phenoxy) is 1. The molecule has 0 saturated carbocycles. The van der Waals surface area contributed by atoms with Crippen LogP contribution in [-0.4, -0.2) is 12.0 Å². The molecule has 3 rings (SSSR count). The summed E-state index contributed by atoms with van der Waals surface area (Å²) in [5.41, 5.74) is 4.10. The minimum atomic E-state index is 0.980. The fraction of sp³-hybridized carbons (Fsp3) is 0.250. The van der Waals surface area contributed by atoms with Crippen LogP contribution in [0.2, 0.25) is 0 Å². The Morgan fingerprint density at radius 2 is 1.83 bits per heavy atom. The Morgan fingerprint density at radius 1 is 1.00 bits per heavy atom. The Hall–Kier alpha value is -1.80. The van der Waals surface area contributed by atoms with E-state index in [1.165, 1.54) is 16.7 Å². The second kappa shape index (κ2) is 4.83. The van der Waals surface area contributed by atoms with Crippen LogP contribution < -0.4 is 4.74 Å². The minimum Gasteiger partial charge on any atom is -0.496 e. The number of methoxy groups -OCH3 is 1. The summed E-state index contributed by atoms with van der Waals surface area (Å²) in [5.74, 6) is 1.02. The summed E-state index contributed by atoms with van der Waals surface area (Å²) in [6, 6.07) is 16.9. The normalized spacial score (nSPS) is 14.5. The summed E-state index contributed by atoms with van der Waals surface area (Å²) in [6.07, 6.45) is 0. The molecular weight excluding hydrogens is 222 g/mol. The molecule has 0 unspecified atom stereocenters. The molecule has 0 N–H and O–H groups in total. The smallest absolute Gasteiger partial charge is 0.123 e. The highest BCUT2D eigenvalue weighted by molar-refractivity contribution is 5.42. The largest absolute Gasteiger partial charge is 0.496 e. The van der Waals surface area contributed by atoms with E-state index in [2.05, 4.69) is 47.4 Å². The monoisotopic (exact) mass is 239 g/mol. The molecule has 0 bridgehead atoms. The topological polar surface area (TPSA) is 12.5 Å². The first-order valence-corrected chi connectivity index (χ1v) is 6.28. The second-order valence-electron chi connectivity index (χ2n) is 4.73. The van der Waals surface area contributed by atoms with Gasteiger partial charge in [-0.15, -0.1) is 0 Å². The summed E-state index contributed by atoms with van der Waals surface area (Å²) in [6.45, 7) is 2.99. The van der Waals surface area contributed by atoms with Gasteiger partial charge in [0.2, 0.25) is 0 Å². The van der Waals surface area contributed by atoms with Gasteiger partial charge in [0.15, 0.2) is 0 Å². The third-order valence-electron chi connectivity index (χ3n) is 3.47. The number of nitrogens with zero attached hydrogens (tertiary/aromatic N) is 1. The molecule has 1 aliphatic heterocycles. The van der Waals surface area contributed by atoms with Crippen molar-refractivity contribution in [3.8, 4) is 5.75 Å². The van der Waals surface area contributed by atoms with Gasteiger partial charge in [-0.25, -0.2) is 0 Å². The van der Waals surface area contributed by atoms with E-state index in [9.17, 15) is 0 Å². The average Bonchev–Trinajstić information content (AvgIpc) is 2.82. The van der Waals surface area contributed by atoms with Crippen molar-refractivity contribution in [3.63, 3.8) is 0 Å². The molecule has 0 amide bonds. The van der Waals surface area contributed by atoms with E-state index < -0.39 is 0 Å². The molecule has 1 aliphatic rings. The van der Waals surface area contributed by atoms with Gasteiger partial charge in [-0.05, 0) is 17.2 Å². The van der Waals surface area contributed by atoms with Crippen molar-refractivity contribution in [1.29, 1.82) is 0 Å². The maximum absolute atomic E-state index is 5.43. The predicted molar refractivity (Wildman–Crippen MR) is 72.4 cm³/mol. The average molecular weight is 239 g/mol. The molecule has 2 nitrogen and oxygen atoms in total. The Balaban J connectivity index is 1.77. The van der Waals surface area contributed by atoms with E-state index in [1.807, 2.05) is 6.07 Å². The number of fused-ring (bicyclic) bond motifs is 1. The molecule has 0 aromatic heterocycles. The molecule has 92 valence electrons. The molecule has 2 aromatic rings. The van der Waals surface area contributed by atoms with Crippen LogP contribution in [0.5, 0.6) is 5.75 Å². The highest BCUT2D eigenvalue weighted by Crippen LogP contribution is 2.31. The first-order chi connectivity index (χ1) is 8.86. The lowest BCUT2D eigenvalue weighted by Gasteiger charge is -2.14. The van der Waals surface area contributed by atoms with Crippen LogP contribution in [0.3, 0.4) is 0 Å². The van der Waals surface area contributed by atoms with Crippen molar-refractivity contribution < 1.29 is 4.74 Å². The third-order valence-corrected chi connectivity index (χ3v) is 3.47. The van der Waals surface area contributed by atoms with Gasteiger partial charge in [0, 0.05) is 25.2 Å². The number of hydrogen-bond acceptors (Lipinski definition) is 2. The first kappa shape index (κ1) is 11.3. The zero-order chi connectivity index (χ0) is 12.4. The fourth-order valence-electron chi connectivity index (χ4n) is 2.60. The molecule has 0 fully saturated rings. The second-order valence-corrected chi connectivity index (χ2v) is 4.73. The Morgan fingerprint density at radius 3 is 2.61 bits per heavy atom. The molecule has 2 heteroatoms. The molecule has 18 heavy (non-hydrogen) atoms. The maximum atomic E-state index is 5.43. The lowest BCUT2D eigenvalue weighted by Crippen LogP contribution is -2.15. The molecule has 1 heterocycles. The van der Waals surface area contributed by atoms with Crippen LogP contribution in [0, 0.1) is 0 Å². The van der Waals surface area contributed by atoms with Crippen molar-refractivity contribution in [2.75, 3.05) is 7.11 Å². The molecule has 0 aliphatic carbocycles. The summed E-state index contributed by atoms with van der Waals surface area (Å²) in [5, 5.41) is 0. The van der Waals surface area contributed by atoms with Gasteiger partial charge in [0.25, 0.3) is 0 Å². The van der Waals surface area contributed by atoms with Gasteiger partial charge in [0.05, 0.1) is 7.11 Å². The molecule has 2 aromatic carbocycles. The van der Waals surface area contributed by atoms with E-state index in [1.54, 1.807) is 7.11 Å². The van der Waals surface area contributed by atoms with E-state index in [0.717, 1.165) is 25.4 Å². The zero-order valence-corrected chi connectivity index (χ0v) is 10.6. The van der Waals surface area contributed by atoms with Crippen LogP contribution in [-0.2, 0) is 19.6 Å². The van der Waals surface area contributed by atoms with Crippen molar-refractivity contribution in [2.24, 2.45) is 0 Å². The Bertz CT molecular complexity index is 536. The summed E-state index contributed by atoms with van der Waals surface area (Å²) >= 11 is 0. The van der Waals surface area contributed by atoms with E-state index in [4.69, 9.17) is 4.74 Å². The van der Waals surface area contributed by atoms with Crippen LogP contribution in [0.4, 0.5) is 0 Å². The summed E-state index contributed by atoms with van der Waals surface area (Å²) < 4.78 is 5.43. The zero-order valence-electron chi connectivity index (χ0n) is 10.6. The van der Waals surface area contributed by atoms with Crippen molar-refractivity contribution in [3.05, 3.63) is 65.2 Å².